The second-order valence-corrected chi connectivity index (χ2v) is 8.87. The number of hydrogen-bond donors (Lipinski definition) is 1. The van der Waals surface area contributed by atoms with Gasteiger partial charge >= 0.3 is 6.03 Å². The Kier molecular flexibility index (Phi) is 6.39. The minimum atomic E-state index is -0.118. The molecule has 0 radical (unpaired) electrons. The van der Waals surface area contributed by atoms with Crippen LogP contribution in [0.1, 0.15) is 37.3 Å². The summed E-state index contributed by atoms with van der Waals surface area (Å²) in [6.07, 6.45) is 4.69. The largest absolute Gasteiger partial charge is 0.493 e. The van der Waals surface area contributed by atoms with Gasteiger partial charge in [-0.3, -0.25) is 4.79 Å². The number of benzene rings is 2. The van der Waals surface area contributed by atoms with Gasteiger partial charge in [-0.2, -0.15) is 0 Å². The normalized spacial score (nSPS) is 16.6. The zero-order chi connectivity index (χ0) is 24.4. The Labute approximate surface area is 204 Å². The molecule has 0 unspecified atom stereocenters. The lowest BCUT2D eigenvalue weighted by Gasteiger charge is -2.32. The predicted octanol–water partition coefficient (Wildman–Crippen LogP) is 4.19. The van der Waals surface area contributed by atoms with Crippen LogP contribution in [0.2, 0.25) is 0 Å². The number of piperidine rings is 1. The molecule has 2 aliphatic heterocycles. The zero-order valence-corrected chi connectivity index (χ0v) is 20.0. The van der Waals surface area contributed by atoms with E-state index in [9.17, 15) is 9.59 Å². The van der Waals surface area contributed by atoms with Gasteiger partial charge in [-0.1, -0.05) is 0 Å². The van der Waals surface area contributed by atoms with Crippen molar-refractivity contribution in [3.63, 3.8) is 0 Å². The SMILES string of the molecule is COc1cc2ncnc(C3CCN(C(=O)Nc4ccc(N5CCCC5=O)cc4)CC3)c2cc1OC. The molecule has 2 aromatic carbocycles. The molecular weight excluding hydrogens is 446 g/mol. The third-order valence-electron chi connectivity index (χ3n) is 6.84. The Morgan fingerprint density at radius 3 is 2.37 bits per heavy atom. The van der Waals surface area contributed by atoms with Crippen LogP contribution in [0.4, 0.5) is 16.2 Å². The molecule has 182 valence electrons. The summed E-state index contributed by atoms with van der Waals surface area (Å²) in [4.78, 5) is 37.4. The van der Waals surface area contributed by atoms with Gasteiger partial charge in [0, 0.05) is 54.8 Å². The van der Waals surface area contributed by atoms with Crippen molar-refractivity contribution in [2.24, 2.45) is 0 Å². The maximum atomic E-state index is 12.9. The number of amides is 3. The molecule has 0 spiro atoms. The van der Waals surface area contributed by atoms with Crippen molar-refractivity contribution in [3.05, 3.63) is 48.4 Å². The van der Waals surface area contributed by atoms with E-state index in [1.54, 1.807) is 25.4 Å². The number of carbonyl (C=O) groups is 2. The molecule has 3 heterocycles. The molecular formula is C26H29N5O4. The van der Waals surface area contributed by atoms with Gasteiger partial charge in [0.05, 0.1) is 25.4 Å². The van der Waals surface area contributed by atoms with Crippen molar-refractivity contribution in [2.75, 3.05) is 44.1 Å². The molecule has 1 N–H and O–H groups in total. The van der Waals surface area contributed by atoms with E-state index in [1.165, 1.54) is 0 Å². The molecule has 2 fully saturated rings. The number of hydrogen-bond acceptors (Lipinski definition) is 6. The van der Waals surface area contributed by atoms with Crippen LogP contribution in [-0.2, 0) is 4.79 Å². The summed E-state index contributed by atoms with van der Waals surface area (Å²) in [6, 6.07) is 11.1. The third-order valence-corrected chi connectivity index (χ3v) is 6.84. The molecule has 0 atom stereocenters. The minimum absolute atomic E-state index is 0.118. The lowest BCUT2D eigenvalue weighted by molar-refractivity contribution is -0.117. The first-order valence-corrected chi connectivity index (χ1v) is 11.9. The van der Waals surface area contributed by atoms with Crippen molar-refractivity contribution in [1.29, 1.82) is 0 Å². The molecule has 9 heteroatoms. The van der Waals surface area contributed by atoms with Crippen LogP contribution in [0.3, 0.4) is 0 Å². The van der Waals surface area contributed by atoms with Gasteiger partial charge < -0.3 is 24.6 Å². The van der Waals surface area contributed by atoms with Crippen LogP contribution >= 0.6 is 0 Å². The average molecular weight is 476 g/mol. The maximum Gasteiger partial charge on any atom is 0.321 e. The highest BCUT2D eigenvalue weighted by atomic mass is 16.5. The fourth-order valence-corrected chi connectivity index (χ4v) is 4.93. The highest BCUT2D eigenvalue weighted by molar-refractivity contribution is 5.96. The summed E-state index contributed by atoms with van der Waals surface area (Å²) in [5.74, 6) is 1.66. The number of aromatic nitrogens is 2. The molecule has 9 nitrogen and oxygen atoms in total. The highest BCUT2D eigenvalue weighted by Crippen LogP contribution is 2.36. The van der Waals surface area contributed by atoms with Crippen molar-refractivity contribution < 1.29 is 19.1 Å². The number of nitrogens with one attached hydrogen (secondary N) is 1. The third kappa shape index (κ3) is 4.58. The Balaban J connectivity index is 1.23. The fourth-order valence-electron chi connectivity index (χ4n) is 4.93. The van der Waals surface area contributed by atoms with Gasteiger partial charge in [-0.15, -0.1) is 0 Å². The Morgan fingerprint density at radius 1 is 1.00 bits per heavy atom. The minimum Gasteiger partial charge on any atom is -0.493 e. The monoisotopic (exact) mass is 475 g/mol. The summed E-state index contributed by atoms with van der Waals surface area (Å²) in [6.45, 7) is 2.02. The van der Waals surface area contributed by atoms with E-state index in [0.717, 1.165) is 53.8 Å². The zero-order valence-electron chi connectivity index (χ0n) is 20.0. The first-order valence-electron chi connectivity index (χ1n) is 11.9. The van der Waals surface area contributed by atoms with E-state index in [4.69, 9.17) is 9.47 Å². The topological polar surface area (TPSA) is 96.9 Å². The highest BCUT2D eigenvalue weighted by Gasteiger charge is 2.27. The standard InChI is InChI=1S/C26H29N5O4/c1-34-22-14-20-21(15-23(22)35-2)27-16-28-25(20)17-9-12-30(13-10-17)26(33)29-18-5-7-19(8-6-18)31-11-3-4-24(31)32/h5-8,14-17H,3-4,9-13H2,1-2H3,(H,29,33). The average Bonchev–Trinajstić information content (AvgIpc) is 3.33. The number of urea groups is 1. The summed E-state index contributed by atoms with van der Waals surface area (Å²) in [5.41, 5.74) is 3.38. The number of carbonyl (C=O) groups excluding carboxylic acids is 2. The van der Waals surface area contributed by atoms with E-state index >= 15 is 0 Å². The number of ether oxygens (including phenoxy) is 2. The van der Waals surface area contributed by atoms with Crippen molar-refractivity contribution in [2.45, 2.75) is 31.6 Å². The van der Waals surface area contributed by atoms with E-state index in [2.05, 4.69) is 15.3 Å². The number of likely N-dealkylation sites (tertiary alicyclic amines) is 1. The van der Waals surface area contributed by atoms with Gasteiger partial charge in [-0.25, -0.2) is 14.8 Å². The first kappa shape index (κ1) is 22.9. The number of nitrogens with zero attached hydrogens (tertiary/aromatic N) is 4. The molecule has 0 aliphatic carbocycles. The van der Waals surface area contributed by atoms with Crippen LogP contribution in [0.5, 0.6) is 11.5 Å². The second-order valence-electron chi connectivity index (χ2n) is 8.87. The van der Waals surface area contributed by atoms with Gasteiger partial charge in [-0.05, 0) is 49.6 Å². The fraction of sp³-hybridized carbons (Fsp3) is 0.385. The first-order chi connectivity index (χ1) is 17.1. The molecule has 5 rings (SSSR count). The molecule has 35 heavy (non-hydrogen) atoms. The van der Waals surface area contributed by atoms with Crippen molar-refractivity contribution >= 4 is 34.2 Å². The van der Waals surface area contributed by atoms with E-state index in [-0.39, 0.29) is 17.9 Å². The van der Waals surface area contributed by atoms with Crippen LogP contribution in [-0.4, -0.2) is 60.7 Å². The predicted molar refractivity (Wildman–Crippen MR) is 133 cm³/mol. The summed E-state index contributed by atoms with van der Waals surface area (Å²) in [5, 5.41) is 3.93. The summed E-state index contributed by atoms with van der Waals surface area (Å²) in [7, 11) is 3.22. The molecule has 2 saturated heterocycles. The molecule has 1 aromatic heterocycles. The second kappa shape index (κ2) is 9.77. The van der Waals surface area contributed by atoms with Gasteiger partial charge in [0.15, 0.2) is 11.5 Å². The van der Waals surface area contributed by atoms with Gasteiger partial charge in [0.25, 0.3) is 0 Å². The Hall–Kier alpha value is -3.88. The summed E-state index contributed by atoms with van der Waals surface area (Å²) < 4.78 is 10.9. The lowest BCUT2D eigenvalue weighted by atomic mass is 9.91. The van der Waals surface area contributed by atoms with Gasteiger partial charge in [0.2, 0.25) is 5.91 Å². The molecule has 3 amide bonds. The van der Waals surface area contributed by atoms with Gasteiger partial charge in [0.1, 0.15) is 6.33 Å². The number of anilines is 2. The molecule has 2 aliphatic rings. The maximum absolute atomic E-state index is 12.9. The lowest BCUT2D eigenvalue weighted by Crippen LogP contribution is -2.40. The van der Waals surface area contributed by atoms with Crippen LogP contribution in [0.15, 0.2) is 42.7 Å². The molecule has 3 aromatic rings. The van der Waals surface area contributed by atoms with Crippen LogP contribution in [0, 0.1) is 0 Å². The number of fused-ring (bicyclic) bond motifs is 1. The van der Waals surface area contributed by atoms with E-state index in [1.807, 2.05) is 41.3 Å². The van der Waals surface area contributed by atoms with Crippen LogP contribution in [0.25, 0.3) is 10.9 Å². The Morgan fingerprint density at radius 2 is 1.71 bits per heavy atom. The summed E-state index contributed by atoms with van der Waals surface area (Å²) >= 11 is 0. The number of rotatable bonds is 5. The van der Waals surface area contributed by atoms with Crippen LogP contribution < -0.4 is 19.7 Å². The Bertz CT molecular complexity index is 1240. The molecule has 0 bridgehead atoms. The quantitative estimate of drug-likeness (QED) is 0.595. The smallest absolute Gasteiger partial charge is 0.321 e. The number of methoxy groups -OCH3 is 2. The molecule has 0 saturated carbocycles. The van der Waals surface area contributed by atoms with Crippen molar-refractivity contribution in [1.82, 2.24) is 14.9 Å². The van der Waals surface area contributed by atoms with Crippen molar-refractivity contribution in [3.8, 4) is 11.5 Å². The van der Waals surface area contributed by atoms with E-state index < -0.39 is 0 Å². The van der Waals surface area contributed by atoms with E-state index in [0.29, 0.717) is 31.0 Å².